The molecule has 2 aliphatic carbocycles. The van der Waals surface area contributed by atoms with E-state index >= 15 is 0 Å². The highest BCUT2D eigenvalue weighted by Gasteiger charge is 2.41. The van der Waals surface area contributed by atoms with E-state index in [9.17, 15) is 18.0 Å². The molecule has 2 unspecified atom stereocenters. The van der Waals surface area contributed by atoms with Gasteiger partial charge in [0.05, 0.1) is 0 Å². The van der Waals surface area contributed by atoms with E-state index in [-0.39, 0.29) is 23.8 Å². The number of anilines is 1. The number of nitrogens with two attached hydrogens (primary N) is 1. The number of carbonyl (C=O) groups is 1. The lowest BCUT2D eigenvalue weighted by Crippen LogP contribution is -2.48. The topological polar surface area (TPSA) is 96.7 Å². The van der Waals surface area contributed by atoms with E-state index in [4.69, 9.17) is 5.73 Å². The number of nitrogens with one attached hydrogen (secondary N) is 2. The van der Waals surface area contributed by atoms with Crippen LogP contribution in [0.1, 0.15) is 37.9 Å². The molecule has 0 aliphatic heterocycles. The molecule has 1 aromatic heterocycles. The highest BCUT2D eigenvalue weighted by molar-refractivity contribution is 5.91. The van der Waals surface area contributed by atoms with Crippen LogP contribution in [0.15, 0.2) is 0 Å². The Kier molecular flexibility index (Phi) is 3.84. The molecule has 2 saturated carbocycles. The number of alkyl halides is 3. The molecular weight excluding hydrogens is 299 g/mol. The van der Waals surface area contributed by atoms with E-state index in [1.165, 1.54) is 0 Å². The van der Waals surface area contributed by atoms with Crippen molar-refractivity contribution in [2.45, 2.75) is 44.3 Å². The average Bonchev–Trinajstić information content (AvgIpc) is 2.86. The third-order valence-electron chi connectivity index (χ3n) is 4.77. The zero-order chi connectivity index (χ0) is 15.9. The van der Waals surface area contributed by atoms with Gasteiger partial charge in [0.1, 0.15) is 0 Å². The van der Waals surface area contributed by atoms with Crippen LogP contribution in [0.5, 0.6) is 0 Å². The normalized spacial score (nSPS) is 31.8. The Hall–Kier alpha value is -1.64. The number of halogens is 3. The number of rotatable bonds is 2. The third-order valence-corrected chi connectivity index (χ3v) is 4.77. The number of nitrogens with zero attached hydrogens (tertiary/aromatic N) is 2. The highest BCUT2D eigenvalue weighted by atomic mass is 19.4. The van der Waals surface area contributed by atoms with Crippen molar-refractivity contribution in [3.8, 4) is 0 Å². The van der Waals surface area contributed by atoms with Crippen molar-refractivity contribution in [2.24, 2.45) is 23.5 Å². The van der Waals surface area contributed by atoms with E-state index in [1.807, 2.05) is 0 Å². The molecule has 4 N–H and O–H groups in total. The van der Waals surface area contributed by atoms with Crippen LogP contribution in [-0.2, 0) is 11.0 Å². The van der Waals surface area contributed by atoms with Gasteiger partial charge in [-0.25, -0.2) is 0 Å². The van der Waals surface area contributed by atoms with E-state index in [0.717, 1.165) is 19.3 Å². The summed E-state index contributed by atoms with van der Waals surface area (Å²) in [6.45, 7) is 0. The van der Waals surface area contributed by atoms with Crippen LogP contribution in [0, 0.1) is 17.8 Å². The van der Waals surface area contributed by atoms with Crippen molar-refractivity contribution in [3.05, 3.63) is 5.82 Å². The Morgan fingerprint density at radius 1 is 1.27 bits per heavy atom. The number of amides is 1. The molecule has 1 heterocycles. The molecule has 2 fully saturated rings. The van der Waals surface area contributed by atoms with Crippen LogP contribution in [-0.4, -0.2) is 27.1 Å². The molecule has 122 valence electrons. The van der Waals surface area contributed by atoms with Gasteiger partial charge >= 0.3 is 6.18 Å². The van der Waals surface area contributed by atoms with Gasteiger partial charge in [0.2, 0.25) is 17.7 Å². The van der Waals surface area contributed by atoms with Gasteiger partial charge in [-0.3, -0.25) is 15.2 Å². The highest BCUT2D eigenvalue weighted by Crippen LogP contribution is 2.42. The maximum absolute atomic E-state index is 12.4. The molecule has 9 heteroatoms. The summed E-state index contributed by atoms with van der Waals surface area (Å²) in [6, 6.07) is 0.137. The molecular formula is C13H18F3N5O. The summed E-state index contributed by atoms with van der Waals surface area (Å²) in [6.07, 6.45) is -0.0847. The average molecular weight is 317 g/mol. The fourth-order valence-corrected chi connectivity index (χ4v) is 3.66. The van der Waals surface area contributed by atoms with Crippen molar-refractivity contribution < 1.29 is 18.0 Å². The predicted octanol–water partition coefficient (Wildman–Crippen LogP) is 1.92. The Bertz CT molecular complexity index is 544. The van der Waals surface area contributed by atoms with Gasteiger partial charge in [0.25, 0.3) is 0 Å². The number of hydrogen-bond acceptors (Lipinski definition) is 4. The molecule has 2 bridgehead atoms. The number of carbonyl (C=O) groups excluding carboxylic acids is 1. The maximum Gasteiger partial charge on any atom is 0.451 e. The van der Waals surface area contributed by atoms with Gasteiger partial charge < -0.3 is 5.73 Å². The monoisotopic (exact) mass is 317 g/mol. The molecule has 2 atom stereocenters. The van der Waals surface area contributed by atoms with E-state index in [1.54, 1.807) is 5.10 Å². The number of aromatic nitrogens is 3. The first-order chi connectivity index (χ1) is 10.3. The molecule has 0 aromatic carbocycles. The molecule has 0 spiro atoms. The Labute approximate surface area is 125 Å². The number of aromatic amines is 1. The minimum absolute atomic E-state index is 0.137. The summed E-state index contributed by atoms with van der Waals surface area (Å²) in [5, 5.41) is 7.55. The molecule has 1 amide bonds. The number of H-pyrrole nitrogens is 1. The van der Waals surface area contributed by atoms with E-state index in [2.05, 4.69) is 15.4 Å². The largest absolute Gasteiger partial charge is 0.451 e. The first kappa shape index (κ1) is 15.3. The van der Waals surface area contributed by atoms with Gasteiger partial charge in [-0.15, -0.1) is 5.10 Å². The molecule has 0 radical (unpaired) electrons. The van der Waals surface area contributed by atoms with Crippen molar-refractivity contribution in [3.63, 3.8) is 0 Å². The van der Waals surface area contributed by atoms with Crippen molar-refractivity contribution in [2.75, 3.05) is 5.32 Å². The quantitative estimate of drug-likeness (QED) is 0.776. The minimum atomic E-state index is -4.61. The van der Waals surface area contributed by atoms with E-state index < -0.39 is 12.0 Å². The van der Waals surface area contributed by atoms with Crippen LogP contribution < -0.4 is 11.1 Å². The lowest BCUT2D eigenvalue weighted by atomic mass is 9.65. The second-order valence-corrected chi connectivity index (χ2v) is 6.19. The Balaban J connectivity index is 1.64. The lowest BCUT2D eigenvalue weighted by Gasteiger charge is -2.43. The summed E-state index contributed by atoms with van der Waals surface area (Å²) in [4.78, 5) is 15.5. The van der Waals surface area contributed by atoms with Gasteiger partial charge in [-0.05, 0) is 37.5 Å². The first-order valence-corrected chi connectivity index (χ1v) is 7.40. The predicted molar refractivity (Wildman–Crippen MR) is 71.5 cm³/mol. The first-order valence-electron chi connectivity index (χ1n) is 7.40. The van der Waals surface area contributed by atoms with Crippen LogP contribution in [0.4, 0.5) is 19.1 Å². The third kappa shape index (κ3) is 2.94. The molecule has 3 rings (SSSR count). The van der Waals surface area contributed by atoms with Crippen LogP contribution in [0.3, 0.4) is 0 Å². The number of fused-ring (bicyclic) bond motifs is 2. The zero-order valence-corrected chi connectivity index (χ0v) is 11.9. The van der Waals surface area contributed by atoms with Crippen LogP contribution in [0.25, 0.3) is 0 Å². The van der Waals surface area contributed by atoms with E-state index in [0.29, 0.717) is 24.7 Å². The minimum Gasteiger partial charge on any atom is -0.327 e. The smallest absolute Gasteiger partial charge is 0.327 e. The molecule has 2 aliphatic rings. The molecule has 6 nitrogen and oxygen atoms in total. The maximum atomic E-state index is 12.4. The molecule has 22 heavy (non-hydrogen) atoms. The fraction of sp³-hybridized carbons (Fsp3) is 0.769. The number of hydrogen-bond donors (Lipinski definition) is 3. The summed E-state index contributed by atoms with van der Waals surface area (Å²) in [7, 11) is 0. The molecule has 0 saturated heterocycles. The summed E-state index contributed by atoms with van der Waals surface area (Å²) < 4.78 is 37.3. The van der Waals surface area contributed by atoms with Crippen molar-refractivity contribution in [1.82, 2.24) is 15.2 Å². The lowest BCUT2D eigenvalue weighted by molar-refractivity contribution is -0.144. The van der Waals surface area contributed by atoms with Crippen LogP contribution in [0.2, 0.25) is 0 Å². The Morgan fingerprint density at radius 2 is 1.91 bits per heavy atom. The second-order valence-electron chi connectivity index (χ2n) is 6.19. The molecule has 1 aromatic rings. The summed E-state index contributed by atoms with van der Waals surface area (Å²) in [5.41, 5.74) is 6.16. The van der Waals surface area contributed by atoms with Crippen molar-refractivity contribution in [1.29, 1.82) is 0 Å². The van der Waals surface area contributed by atoms with Gasteiger partial charge in [0, 0.05) is 12.0 Å². The standard InChI is InChI=1S/C13H18F3N5O/c14-13(15,16)11-19-12(21-20-11)18-10(22)8-4-6-2-1-3-7(5-8)9(6)17/h6-9H,1-5,17H2,(H2,18,19,20,21,22). The summed E-state index contributed by atoms with van der Waals surface area (Å²) in [5.74, 6) is -1.47. The summed E-state index contributed by atoms with van der Waals surface area (Å²) >= 11 is 0. The van der Waals surface area contributed by atoms with Crippen molar-refractivity contribution >= 4 is 11.9 Å². The van der Waals surface area contributed by atoms with Gasteiger partial charge in [0.15, 0.2) is 0 Å². The Morgan fingerprint density at radius 3 is 2.45 bits per heavy atom. The zero-order valence-electron chi connectivity index (χ0n) is 11.9. The fourth-order valence-electron chi connectivity index (χ4n) is 3.66. The second kappa shape index (κ2) is 5.53. The van der Waals surface area contributed by atoms with Crippen LogP contribution >= 0.6 is 0 Å². The SMILES string of the molecule is NC1C2CCCC1CC(C(=O)Nc1n[nH]c(C(F)(F)F)n1)C2. The van der Waals surface area contributed by atoms with Gasteiger partial charge in [-0.1, -0.05) is 6.42 Å². The van der Waals surface area contributed by atoms with Gasteiger partial charge in [-0.2, -0.15) is 18.2 Å².